The maximum Gasteiger partial charge on any atom is 0.0607 e. The van der Waals surface area contributed by atoms with Crippen LogP contribution in [-0.4, -0.2) is 13.2 Å². The minimum Gasteiger partial charge on any atom is -0.381 e. The first kappa shape index (κ1) is 24.1. The second-order valence-electron chi connectivity index (χ2n) is 13.4. The summed E-state index contributed by atoms with van der Waals surface area (Å²) >= 11 is 0. The molecule has 0 aromatic carbocycles. The molecule has 31 heavy (non-hydrogen) atoms. The molecule has 0 spiro atoms. The lowest BCUT2D eigenvalue weighted by Gasteiger charge is -2.62. The van der Waals surface area contributed by atoms with Crippen LogP contribution in [0.1, 0.15) is 119 Å². The third-order valence-electron chi connectivity index (χ3n) is 12.1. The Kier molecular flexibility index (Phi) is 7.23. The third kappa shape index (κ3) is 4.06. The number of ether oxygens (including phenoxy) is 1. The van der Waals surface area contributed by atoms with E-state index in [-0.39, 0.29) is 0 Å². The van der Waals surface area contributed by atoms with Gasteiger partial charge in [-0.2, -0.15) is 0 Å². The molecule has 1 heteroatoms. The van der Waals surface area contributed by atoms with Crippen molar-refractivity contribution in [3.8, 4) is 0 Å². The largest absolute Gasteiger partial charge is 0.381 e. The Morgan fingerprint density at radius 3 is 2.26 bits per heavy atom. The number of fused-ring (bicyclic) bond motifs is 5. The lowest BCUT2D eigenvalue weighted by molar-refractivity contribution is -0.167. The molecule has 0 radical (unpaired) electrons. The number of methoxy groups -OCH3 is 1. The standard InChI is InChI=1S/C30H54O/c1-8-22(20(2)3)13-12-21(4)24-14-15-25-23-19-28(31-7)27-11-9-10-17-29(27,5)26(23)16-18-30(24,25)6/h20-28H,8-19H2,1-7H3/t21?,22?,23?,24?,25?,26?,27?,28?,29?,30-/m1/s1. The van der Waals surface area contributed by atoms with Crippen molar-refractivity contribution in [1.82, 2.24) is 0 Å². The van der Waals surface area contributed by atoms with E-state index in [1.807, 2.05) is 7.11 Å². The quantitative estimate of drug-likeness (QED) is 0.392. The Bertz CT molecular complexity index is 597. The van der Waals surface area contributed by atoms with Crippen LogP contribution in [0, 0.1) is 58.2 Å². The van der Waals surface area contributed by atoms with Gasteiger partial charge in [0, 0.05) is 7.11 Å². The van der Waals surface area contributed by atoms with Crippen LogP contribution in [0.15, 0.2) is 0 Å². The minimum atomic E-state index is 0.529. The Balaban J connectivity index is 1.50. The molecule has 0 bridgehead atoms. The maximum absolute atomic E-state index is 6.23. The highest BCUT2D eigenvalue weighted by Crippen LogP contribution is 2.68. The molecular weight excluding hydrogens is 376 g/mol. The first-order chi connectivity index (χ1) is 14.8. The van der Waals surface area contributed by atoms with E-state index in [0.717, 1.165) is 47.3 Å². The smallest absolute Gasteiger partial charge is 0.0607 e. The van der Waals surface area contributed by atoms with Crippen molar-refractivity contribution in [2.45, 2.75) is 125 Å². The predicted octanol–water partition coefficient (Wildman–Crippen LogP) is 8.76. The summed E-state index contributed by atoms with van der Waals surface area (Å²) in [7, 11) is 2.01. The van der Waals surface area contributed by atoms with Gasteiger partial charge in [-0.25, -0.2) is 0 Å². The Morgan fingerprint density at radius 2 is 1.58 bits per heavy atom. The molecule has 10 atom stereocenters. The summed E-state index contributed by atoms with van der Waals surface area (Å²) in [4.78, 5) is 0. The minimum absolute atomic E-state index is 0.529. The van der Waals surface area contributed by atoms with E-state index in [4.69, 9.17) is 4.74 Å². The van der Waals surface area contributed by atoms with Crippen LogP contribution < -0.4 is 0 Å². The molecule has 0 aromatic rings. The van der Waals surface area contributed by atoms with Gasteiger partial charge in [0.2, 0.25) is 0 Å². The normalized spacial score (nSPS) is 46.8. The van der Waals surface area contributed by atoms with Crippen molar-refractivity contribution < 1.29 is 4.74 Å². The van der Waals surface area contributed by atoms with Gasteiger partial charge in [0.1, 0.15) is 0 Å². The van der Waals surface area contributed by atoms with E-state index in [1.54, 1.807) is 0 Å². The van der Waals surface area contributed by atoms with Crippen LogP contribution in [0.2, 0.25) is 0 Å². The van der Waals surface area contributed by atoms with Crippen LogP contribution >= 0.6 is 0 Å². The fourth-order valence-electron chi connectivity index (χ4n) is 10.2. The molecule has 0 aliphatic heterocycles. The van der Waals surface area contributed by atoms with Crippen molar-refractivity contribution in [3.05, 3.63) is 0 Å². The van der Waals surface area contributed by atoms with E-state index in [0.29, 0.717) is 16.9 Å². The highest BCUT2D eigenvalue weighted by molar-refractivity contribution is 5.11. The first-order valence-corrected chi connectivity index (χ1v) is 14.3. The molecule has 4 aliphatic rings. The fraction of sp³-hybridized carbons (Fsp3) is 1.00. The van der Waals surface area contributed by atoms with Crippen molar-refractivity contribution in [2.24, 2.45) is 58.2 Å². The molecule has 4 saturated carbocycles. The van der Waals surface area contributed by atoms with Gasteiger partial charge < -0.3 is 4.74 Å². The molecule has 4 rings (SSSR count). The highest BCUT2D eigenvalue weighted by atomic mass is 16.5. The summed E-state index contributed by atoms with van der Waals surface area (Å²) in [5.41, 5.74) is 1.15. The predicted molar refractivity (Wildman–Crippen MR) is 133 cm³/mol. The molecule has 4 aliphatic carbocycles. The summed E-state index contributed by atoms with van der Waals surface area (Å²) < 4.78 is 6.23. The third-order valence-corrected chi connectivity index (χ3v) is 12.1. The maximum atomic E-state index is 6.23. The van der Waals surface area contributed by atoms with Gasteiger partial charge in [-0.05, 0) is 110 Å². The van der Waals surface area contributed by atoms with Gasteiger partial charge in [-0.15, -0.1) is 0 Å². The van der Waals surface area contributed by atoms with E-state index in [2.05, 4.69) is 41.5 Å². The summed E-state index contributed by atoms with van der Waals surface area (Å²) in [6.45, 7) is 15.3. The number of hydrogen-bond donors (Lipinski definition) is 0. The van der Waals surface area contributed by atoms with Gasteiger partial charge in [-0.1, -0.05) is 67.2 Å². The van der Waals surface area contributed by atoms with Gasteiger partial charge in [-0.3, -0.25) is 0 Å². The van der Waals surface area contributed by atoms with E-state index in [9.17, 15) is 0 Å². The first-order valence-electron chi connectivity index (χ1n) is 14.3. The monoisotopic (exact) mass is 430 g/mol. The van der Waals surface area contributed by atoms with Crippen molar-refractivity contribution in [2.75, 3.05) is 7.11 Å². The zero-order chi connectivity index (χ0) is 22.4. The Labute approximate surface area is 194 Å². The van der Waals surface area contributed by atoms with Crippen LogP contribution in [0.5, 0.6) is 0 Å². The van der Waals surface area contributed by atoms with Crippen molar-refractivity contribution in [3.63, 3.8) is 0 Å². The van der Waals surface area contributed by atoms with E-state index >= 15 is 0 Å². The van der Waals surface area contributed by atoms with Crippen LogP contribution in [0.4, 0.5) is 0 Å². The van der Waals surface area contributed by atoms with E-state index < -0.39 is 0 Å². The van der Waals surface area contributed by atoms with E-state index in [1.165, 1.54) is 77.0 Å². The lowest BCUT2D eigenvalue weighted by atomic mass is 9.44. The molecular formula is C30H54O. The zero-order valence-corrected chi connectivity index (χ0v) is 22.1. The Hall–Kier alpha value is -0.0400. The van der Waals surface area contributed by atoms with Crippen LogP contribution in [0.3, 0.4) is 0 Å². The lowest BCUT2D eigenvalue weighted by Crippen LogP contribution is -2.57. The van der Waals surface area contributed by atoms with Gasteiger partial charge in [0.25, 0.3) is 0 Å². The molecule has 1 nitrogen and oxygen atoms in total. The molecule has 180 valence electrons. The number of rotatable bonds is 7. The molecule has 0 heterocycles. The van der Waals surface area contributed by atoms with Crippen LogP contribution in [-0.2, 0) is 4.74 Å². The van der Waals surface area contributed by atoms with Crippen LogP contribution in [0.25, 0.3) is 0 Å². The second kappa shape index (κ2) is 9.31. The van der Waals surface area contributed by atoms with Crippen molar-refractivity contribution >= 4 is 0 Å². The summed E-state index contributed by atoms with van der Waals surface area (Å²) in [6, 6.07) is 0. The molecule has 0 amide bonds. The summed E-state index contributed by atoms with van der Waals surface area (Å²) in [5, 5.41) is 0. The van der Waals surface area contributed by atoms with Gasteiger partial charge in [0.05, 0.1) is 6.10 Å². The second-order valence-corrected chi connectivity index (χ2v) is 13.4. The average Bonchev–Trinajstić information content (AvgIpc) is 3.10. The van der Waals surface area contributed by atoms with Crippen molar-refractivity contribution in [1.29, 1.82) is 0 Å². The summed E-state index contributed by atoms with van der Waals surface area (Å²) in [6.07, 6.45) is 18.0. The topological polar surface area (TPSA) is 9.23 Å². The SMILES string of the molecule is CCC(CCC(C)C1CCC2C3CC(OC)C4CCCCC4(C)C3CC[C@]12C)C(C)C. The molecule has 0 aromatic heterocycles. The zero-order valence-electron chi connectivity index (χ0n) is 22.1. The highest BCUT2D eigenvalue weighted by Gasteiger charge is 2.62. The Morgan fingerprint density at radius 1 is 0.839 bits per heavy atom. The number of hydrogen-bond acceptors (Lipinski definition) is 1. The fourth-order valence-corrected chi connectivity index (χ4v) is 10.2. The molecule has 0 N–H and O–H groups in total. The summed E-state index contributed by atoms with van der Waals surface area (Å²) in [5.74, 6) is 7.32. The van der Waals surface area contributed by atoms with Gasteiger partial charge in [0.15, 0.2) is 0 Å². The van der Waals surface area contributed by atoms with Gasteiger partial charge >= 0.3 is 0 Å². The molecule has 4 fully saturated rings. The molecule has 0 saturated heterocycles. The molecule has 9 unspecified atom stereocenters. The average molecular weight is 431 g/mol.